The van der Waals surface area contributed by atoms with Gasteiger partial charge in [0.25, 0.3) is 0 Å². The summed E-state index contributed by atoms with van der Waals surface area (Å²) < 4.78 is 10.9. The van der Waals surface area contributed by atoms with E-state index in [1.54, 1.807) is 0 Å². The summed E-state index contributed by atoms with van der Waals surface area (Å²) in [5, 5.41) is 90.7. The fourth-order valence-electron chi connectivity index (χ4n) is 4.05. The number of fused-ring (bicyclic) bond motifs is 1. The highest BCUT2D eigenvalue weighted by molar-refractivity contribution is 6.06. The molecule has 1 saturated heterocycles. The van der Waals surface area contributed by atoms with Crippen LogP contribution in [-0.4, -0.2) is 88.9 Å². The molecule has 2 aromatic rings. The lowest BCUT2D eigenvalue weighted by molar-refractivity contribution is -0.232. The van der Waals surface area contributed by atoms with Crippen molar-refractivity contribution in [3.63, 3.8) is 0 Å². The van der Waals surface area contributed by atoms with E-state index < -0.39 is 89.2 Å². The van der Waals surface area contributed by atoms with Crippen molar-refractivity contribution in [2.75, 3.05) is 6.61 Å². The van der Waals surface area contributed by atoms with Gasteiger partial charge in [-0.25, -0.2) is 0 Å². The Hall–Kier alpha value is -3.13. The van der Waals surface area contributed by atoms with Gasteiger partial charge in [0.2, 0.25) is 5.78 Å². The maximum absolute atomic E-state index is 12.9. The predicted octanol–water partition coefficient (Wildman–Crippen LogP) is -1.30. The number of ether oxygens (including phenoxy) is 2. The Labute approximate surface area is 185 Å². The first-order valence-corrected chi connectivity index (χ1v) is 9.87. The van der Waals surface area contributed by atoms with Crippen LogP contribution in [0.15, 0.2) is 24.3 Å². The average Bonchev–Trinajstić information content (AvgIpc) is 2.77. The number of carbonyl (C=O) groups is 1. The first-order chi connectivity index (χ1) is 15.6. The van der Waals surface area contributed by atoms with Gasteiger partial charge in [0.15, 0.2) is 23.7 Å². The molecule has 2 aliphatic heterocycles. The number of aromatic hydroxyl groups is 4. The maximum atomic E-state index is 12.9. The molecular formula is C21H22O12. The number of hydrogen-bond donors (Lipinski definition) is 9. The fourth-order valence-corrected chi connectivity index (χ4v) is 4.05. The molecule has 7 atom stereocenters. The van der Waals surface area contributed by atoms with Crippen LogP contribution in [0.5, 0.6) is 28.7 Å². The number of carbonyl (C=O) groups excluding carboxylic acids is 1. The van der Waals surface area contributed by atoms with Gasteiger partial charge in [0.1, 0.15) is 53.3 Å². The number of Topliss-reactive ketones (excluding diaryl/α,β-unsaturated/α-hetero) is 1. The molecule has 178 valence electrons. The number of ketones is 1. The van der Waals surface area contributed by atoms with Crippen molar-refractivity contribution in [2.24, 2.45) is 0 Å². The number of phenolic OH excluding ortho intramolecular Hbond substituents is 4. The zero-order valence-electron chi connectivity index (χ0n) is 16.8. The monoisotopic (exact) mass is 466 g/mol. The van der Waals surface area contributed by atoms with Crippen LogP contribution in [-0.2, 0) is 4.74 Å². The Bertz CT molecular complexity index is 1080. The van der Waals surface area contributed by atoms with Gasteiger partial charge in [-0.15, -0.1) is 0 Å². The number of aliphatic hydroxyl groups excluding tert-OH is 5. The third-order valence-corrected chi connectivity index (χ3v) is 5.84. The smallest absolute Gasteiger partial charge is 0.202 e. The van der Waals surface area contributed by atoms with Crippen molar-refractivity contribution in [1.82, 2.24) is 0 Å². The quantitative estimate of drug-likeness (QED) is 0.241. The number of aliphatic hydroxyl groups is 5. The number of hydrogen-bond acceptors (Lipinski definition) is 12. The normalized spacial score (nSPS) is 31.7. The average molecular weight is 466 g/mol. The lowest BCUT2D eigenvalue weighted by Gasteiger charge is -2.41. The van der Waals surface area contributed by atoms with Crippen molar-refractivity contribution in [3.8, 4) is 28.7 Å². The second kappa shape index (κ2) is 8.33. The Kier molecular flexibility index (Phi) is 5.82. The molecule has 4 rings (SSSR count). The molecule has 2 heterocycles. The van der Waals surface area contributed by atoms with Gasteiger partial charge in [-0.1, -0.05) is 6.07 Å². The van der Waals surface area contributed by atoms with E-state index in [1.165, 1.54) is 6.07 Å². The van der Waals surface area contributed by atoms with Gasteiger partial charge < -0.3 is 55.4 Å². The molecule has 1 fully saturated rings. The Morgan fingerprint density at radius 2 is 1.52 bits per heavy atom. The molecule has 0 saturated carbocycles. The van der Waals surface area contributed by atoms with E-state index in [0.717, 1.165) is 18.2 Å². The SMILES string of the molecule is O=C1c2c(cc(O)c([C@@H]3OC(CO)C(O)[C@@H](O)[C@@H]3O)c2O)O[C@@H](c2ccc(O)c(O)c2)[C@@H]1O. The molecule has 0 amide bonds. The molecule has 0 spiro atoms. The molecule has 33 heavy (non-hydrogen) atoms. The van der Waals surface area contributed by atoms with Crippen molar-refractivity contribution in [1.29, 1.82) is 0 Å². The minimum Gasteiger partial charge on any atom is -0.507 e. The first-order valence-electron chi connectivity index (χ1n) is 9.87. The van der Waals surface area contributed by atoms with Crippen LogP contribution >= 0.6 is 0 Å². The lowest BCUT2D eigenvalue weighted by Crippen LogP contribution is -2.55. The third kappa shape index (κ3) is 3.62. The van der Waals surface area contributed by atoms with E-state index in [-0.39, 0.29) is 11.3 Å². The van der Waals surface area contributed by atoms with Crippen LogP contribution in [0.1, 0.15) is 33.7 Å². The predicted molar refractivity (Wildman–Crippen MR) is 106 cm³/mol. The molecule has 2 aliphatic rings. The van der Waals surface area contributed by atoms with E-state index in [0.29, 0.717) is 0 Å². The minimum atomic E-state index is -1.86. The van der Waals surface area contributed by atoms with E-state index in [1.807, 2.05) is 0 Å². The van der Waals surface area contributed by atoms with Crippen LogP contribution in [0.25, 0.3) is 0 Å². The maximum Gasteiger partial charge on any atom is 0.202 e. The summed E-state index contributed by atoms with van der Waals surface area (Å²) in [5.41, 5.74) is -0.934. The molecule has 0 bridgehead atoms. The molecule has 9 N–H and O–H groups in total. The molecule has 12 nitrogen and oxygen atoms in total. The Balaban J connectivity index is 1.77. The van der Waals surface area contributed by atoms with Crippen LogP contribution in [0.3, 0.4) is 0 Å². The van der Waals surface area contributed by atoms with Gasteiger partial charge in [0.05, 0.1) is 12.2 Å². The minimum absolute atomic E-state index is 0.119. The molecule has 0 aromatic heterocycles. The zero-order chi connectivity index (χ0) is 24.2. The van der Waals surface area contributed by atoms with E-state index >= 15 is 0 Å². The highest BCUT2D eigenvalue weighted by atomic mass is 16.5. The van der Waals surface area contributed by atoms with Gasteiger partial charge >= 0.3 is 0 Å². The van der Waals surface area contributed by atoms with Gasteiger partial charge in [-0.05, 0) is 17.7 Å². The van der Waals surface area contributed by atoms with Crippen molar-refractivity contribution in [3.05, 3.63) is 41.0 Å². The molecule has 2 aromatic carbocycles. The van der Waals surface area contributed by atoms with Crippen LogP contribution in [0, 0.1) is 0 Å². The fraction of sp³-hybridized carbons (Fsp3) is 0.381. The summed E-state index contributed by atoms with van der Waals surface area (Å²) in [6.07, 6.45) is -11.5. The molecule has 2 unspecified atom stereocenters. The van der Waals surface area contributed by atoms with Crippen LogP contribution in [0.2, 0.25) is 0 Å². The second-order valence-corrected chi connectivity index (χ2v) is 7.88. The van der Waals surface area contributed by atoms with E-state index in [4.69, 9.17) is 9.47 Å². The summed E-state index contributed by atoms with van der Waals surface area (Å²) in [7, 11) is 0. The standard InChI is InChI=1S/C21H22O12/c22-5-11-14(26)17(29)19(31)21(33-11)12-9(25)4-10-13(15(12)27)16(28)18(30)20(32-10)6-1-2-7(23)8(24)3-6/h1-4,11,14,17-27,29-31H,5H2/t11?,14?,17-,18-,19+,20+,21+/m1/s1. The number of benzene rings is 2. The van der Waals surface area contributed by atoms with Crippen molar-refractivity contribution in [2.45, 2.75) is 42.7 Å². The molecule has 0 aliphatic carbocycles. The largest absolute Gasteiger partial charge is 0.507 e. The summed E-state index contributed by atoms with van der Waals surface area (Å²) in [6, 6.07) is 4.42. The van der Waals surface area contributed by atoms with Crippen LogP contribution in [0.4, 0.5) is 0 Å². The molecule has 12 heteroatoms. The van der Waals surface area contributed by atoms with Gasteiger partial charge in [-0.3, -0.25) is 4.79 Å². The second-order valence-electron chi connectivity index (χ2n) is 7.88. The third-order valence-electron chi connectivity index (χ3n) is 5.84. The van der Waals surface area contributed by atoms with Gasteiger partial charge in [-0.2, -0.15) is 0 Å². The first kappa shape index (κ1) is 23.0. The summed E-state index contributed by atoms with van der Waals surface area (Å²) in [4.78, 5) is 12.9. The highest BCUT2D eigenvalue weighted by Gasteiger charge is 2.48. The van der Waals surface area contributed by atoms with E-state index in [2.05, 4.69) is 0 Å². The van der Waals surface area contributed by atoms with Crippen LogP contribution < -0.4 is 4.74 Å². The highest BCUT2D eigenvalue weighted by Crippen LogP contribution is 2.49. The summed E-state index contributed by atoms with van der Waals surface area (Å²) >= 11 is 0. The van der Waals surface area contributed by atoms with Gasteiger partial charge in [0, 0.05) is 6.07 Å². The Morgan fingerprint density at radius 1 is 0.818 bits per heavy atom. The number of phenols is 4. The van der Waals surface area contributed by atoms with Crippen molar-refractivity contribution >= 4 is 5.78 Å². The topological polar surface area (TPSA) is 218 Å². The van der Waals surface area contributed by atoms with Crippen molar-refractivity contribution < 1.29 is 60.2 Å². The molecular weight excluding hydrogens is 444 g/mol. The Morgan fingerprint density at radius 3 is 2.15 bits per heavy atom. The summed E-state index contributed by atoms with van der Waals surface area (Å²) in [6.45, 7) is -0.754. The number of rotatable bonds is 3. The summed E-state index contributed by atoms with van der Waals surface area (Å²) in [5.74, 6) is -3.90. The van der Waals surface area contributed by atoms with E-state index in [9.17, 15) is 50.8 Å². The molecule has 0 radical (unpaired) electrons. The zero-order valence-corrected chi connectivity index (χ0v) is 16.8. The lowest BCUT2D eigenvalue weighted by atomic mass is 9.86.